The predicted octanol–water partition coefficient (Wildman–Crippen LogP) is 2.24. The van der Waals surface area contributed by atoms with Gasteiger partial charge < -0.3 is 9.80 Å². The zero-order chi connectivity index (χ0) is 14.1. The highest BCUT2D eigenvalue weighted by atomic mass is 16.2. The Bertz CT molecular complexity index is 396. The Balaban J connectivity index is 1.59. The lowest BCUT2D eigenvalue weighted by Gasteiger charge is -2.39. The Hall–Kier alpha value is -1.06. The quantitative estimate of drug-likeness (QED) is 0.777. The van der Waals surface area contributed by atoms with Crippen LogP contribution < -0.4 is 0 Å². The van der Waals surface area contributed by atoms with Crippen LogP contribution in [-0.2, 0) is 9.59 Å². The first-order valence-corrected chi connectivity index (χ1v) is 8.25. The van der Waals surface area contributed by atoms with Crippen molar-refractivity contribution >= 4 is 11.8 Å². The molecule has 2 saturated carbocycles. The van der Waals surface area contributed by atoms with Crippen molar-refractivity contribution in [2.24, 2.45) is 17.8 Å². The summed E-state index contributed by atoms with van der Waals surface area (Å²) in [4.78, 5) is 27.9. The molecular weight excluding hydrogens is 252 g/mol. The summed E-state index contributed by atoms with van der Waals surface area (Å²) in [5.41, 5.74) is 0. The Morgan fingerprint density at radius 2 is 1.90 bits per heavy atom. The number of amides is 2. The van der Waals surface area contributed by atoms with Crippen LogP contribution in [0.5, 0.6) is 0 Å². The zero-order valence-corrected chi connectivity index (χ0v) is 12.5. The van der Waals surface area contributed by atoms with Crippen LogP contribution >= 0.6 is 0 Å². The van der Waals surface area contributed by atoms with E-state index < -0.39 is 0 Å². The Morgan fingerprint density at radius 1 is 1.15 bits per heavy atom. The second-order valence-corrected chi connectivity index (χ2v) is 6.74. The lowest BCUT2D eigenvalue weighted by Crippen LogP contribution is -2.40. The molecule has 1 heterocycles. The molecule has 0 aromatic carbocycles. The third-order valence-corrected chi connectivity index (χ3v) is 5.60. The van der Waals surface area contributed by atoms with E-state index in [0.717, 1.165) is 24.7 Å². The zero-order valence-electron chi connectivity index (χ0n) is 12.5. The minimum atomic E-state index is 0.104. The second kappa shape index (κ2) is 5.74. The molecule has 3 atom stereocenters. The van der Waals surface area contributed by atoms with Gasteiger partial charge in [0.1, 0.15) is 6.54 Å². The molecule has 0 bridgehead atoms. The second-order valence-electron chi connectivity index (χ2n) is 6.74. The Morgan fingerprint density at radius 3 is 2.60 bits per heavy atom. The molecule has 1 saturated heterocycles. The predicted molar refractivity (Wildman–Crippen MR) is 76.8 cm³/mol. The van der Waals surface area contributed by atoms with Gasteiger partial charge in [0.15, 0.2) is 0 Å². The molecule has 3 aliphatic rings. The molecule has 2 amide bonds. The minimum Gasteiger partial charge on any atom is -0.324 e. The van der Waals surface area contributed by atoms with Gasteiger partial charge in [-0.25, -0.2) is 0 Å². The van der Waals surface area contributed by atoms with Crippen LogP contribution in [0.25, 0.3) is 0 Å². The van der Waals surface area contributed by atoms with E-state index >= 15 is 0 Å². The fraction of sp³-hybridized carbons (Fsp3) is 0.875. The molecule has 4 nitrogen and oxygen atoms in total. The summed E-state index contributed by atoms with van der Waals surface area (Å²) < 4.78 is 0. The van der Waals surface area contributed by atoms with Gasteiger partial charge in [-0.2, -0.15) is 0 Å². The number of rotatable bonds is 2. The summed E-state index contributed by atoms with van der Waals surface area (Å²) in [6.45, 7) is 3.49. The first-order valence-electron chi connectivity index (χ1n) is 8.25. The molecule has 1 aliphatic heterocycles. The Kier molecular flexibility index (Phi) is 3.99. The van der Waals surface area contributed by atoms with Gasteiger partial charge in [-0.1, -0.05) is 25.7 Å². The SMILES string of the molecule is CCN1CN(C(=O)C2CCC3CCCCC3C2)CC1=O. The van der Waals surface area contributed by atoms with Crippen molar-refractivity contribution in [3.63, 3.8) is 0 Å². The fourth-order valence-electron chi connectivity index (χ4n) is 4.38. The molecule has 4 heteroatoms. The molecule has 0 radical (unpaired) electrons. The molecule has 0 spiro atoms. The largest absolute Gasteiger partial charge is 0.324 e. The number of nitrogens with zero attached hydrogens (tertiary/aromatic N) is 2. The maximum absolute atomic E-state index is 12.6. The number of likely N-dealkylation sites (N-methyl/N-ethyl adjacent to an activating group) is 1. The van der Waals surface area contributed by atoms with Gasteiger partial charge in [-0.3, -0.25) is 9.59 Å². The van der Waals surface area contributed by atoms with Crippen LogP contribution in [0, 0.1) is 17.8 Å². The lowest BCUT2D eigenvalue weighted by molar-refractivity contribution is -0.137. The summed E-state index contributed by atoms with van der Waals surface area (Å²) >= 11 is 0. The van der Waals surface area contributed by atoms with E-state index in [1.807, 2.05) is 6.92 Å². The molecule has 3 unspecified atom stereocenters. The molecule has 3 fully saturated rings. The van der Waals surface area contributed by atoms with Gasteiger partial charge in [-0.05, 0) is 38.0 Å². The van der Waals surface area contributed by atoms with Crippen molar-refractivity contribution < 1.29 is 9.59 Å². The number of hydrogen-bond donors (Lipinski definition) is 0. The van der Waals surface area contributed by atoms with Crippen molar-refractivity contribution in [1.29, 1.82) is 0 Å². The first-order chi connectivity index (χ1) is 9.69. The van der Waals surface area contributed by atoms with Crippen LogP contribution in [0.2, 0.25) is 0 Å². The third kappa shape index (κ3) is 2.57. The highest BCUT2D eigenvalue weighted by Crippen LogP contribution is 2.43. The highest BCUT2D eigenvalue weighted by molar-refractivity contribution is 5.88. The van der Waals surface area contributed by atoms with E-state index in [-0.39, 0.29) is 17.7 Å². The van der Waals surface area contributed by atoms with Gasteiger partial charge in [0, 0.05) is 12.5 Å². The van der Waals surface area contributed by atoms with Gasteiger partial charge in [0.2, 0.25) is 11.8 Å². The highest BCUT2D eigenvalue weighted by Gasteiger charge is 2.39. The molecule has 20 heavy (non-hydrogen) atoms. The van der Waals surface area contributed by atoms with Crippen LogP contribution in [-0.4, -0.2) is 41.4 Å². The maximum atomic E-state index is 12.6. The third-order valence-electron chi connectivity index (χ3n) is 5.60. The van der Waals surface area contributed by atoms with Crippen LogP contribution in [0.3, 0.4) is 0 Å². The van der Waals surface area contributed by atoms with Crippen molar-refractivity contribution in [2.45, 2.75) is 51.9 Å². The van der Waals surface area contributed by atoms with Crippen LogP contribution in [0.15, 0.2) is 0 Å². The number of hydrogen-bond acceptors (Lipinski definition) is 2. The van der Waals surface area contributed by atoms with E-state index in [4.69, 9.17) is 0 Å². The van der Waals surface area contributed by atoms with Gasteiger partial charge in [0.05, 0.1) is 6.67 Å². The van der Waals surface area contributed by atoms with Crippen molar-refractivity contribution in [2.75, 3.05) is 19.8 Å². The maximum Gasteiger partial charge on any atom is 0.243 e. The smallest absolute Gasteiger partial charge is 0.243 e. The summed E-state index contributed by atoms with van der Waals surface area (Å²) in [5.74, 6) is 2.16. The fourth-order valence-corrected chi connectivity index (χ4v) is 4.38. The molecule has 0 aromatic rings. The van der Waals surface area contributed by atoms with Gasteiger partial charge in [-0.15, -0.1) is 0 Å². The molecule has 2 aliphatic carbocycles. The van der Waals surface area contributed by atoms with Crippen LogP contribution in [0.4, 0.5) is 0 Å². The van der Waals surface area contributed by atoms with Crippen molar-refractivity contribution in [1.82, 2.24) is 9.80 Å². The van der Waals surface area contributed by atoms with Crippen molar-refractivity contribution in [3.8, 4) is 0 Å². The molecular formula is C16H26N2O2. The van der Waals surface area contributed by atoms with E-state index in [0.29, 0.717) is 19.8 Å². The van der Waals surface area contributed by atoms with E-state index in [1.54, 1.807) is 9.80 Å². The Labute approximate surface area is 121 Å². The summed E-state index contributed by atoms with van der Waals surface area (Å²) in [6.07, 6.45) is 8.74. The minimum absolute atomic E-state index is 0.104. The van der Waals surface area contributed by atoms with Gasteiger partial charge >= 0.3 is 0 Å². The number of carbonyl (C=O) groups excluding carboxylic acids is 2. The number of carbonyl (C=O) groups is 2. The van der Waals surface area contributed by atoms with E-state index in [9.17, 15) is 9.59 Å². The summed E-state index contributed by atoms with van der Waals surface area (Å²) in [7, 11) is 0. The summed E-state index contributed by atoms with van der Waals surface area (Å²) in [6, 6.07) is 0. The normalized spacial score (nSPS) is 34.2. The van der Waals surface area contributed by atoms with Crippen molar-refractivity contribution in [3.05, 3.63) is 0 Å². The molecule has 112 valence electrons. The average molecular weight is 278 g/mol. The monoisotopic (exact) mass is 278 g/mol. The standard InChI is InChI=1S/C16H26N2O2/c1-2-17-11-18(10-15(17)19)16(20)14-8-7-12-5-3-4-6-13(12)9-14/h12-14H,2-11H2,1H3. The lowest BCUT2D eigenvalue weighted by atomic mass is 9.67. The van der Waals surface area contributed by atoms with Gasteiger partial charge in [0.25, 0.3) is 0 Å². The summed E-state index contributed by atoms with van der Waals surface area (Å²) in [5, 5.41) is 0. The molecule has 0 aromatic heterocycles. The van der Waals surface area contributed by atoms with E-state index in [1.165, 1.54) is 32.1 Å². The first kappa shape index (κ1) is 13.9. The average Bonchev–Trinajstić information content (AvgIpc) is 2.87. The van der Waals surface area contributed by atoms with E-state index in [2.05, 4.69) is 0 Å². The topological polar surface area (TPSA) is 40.6 Å². The molecule has 0 N–H and O–H groups in total. The number of fused-ring (bicyclic) bond motifs is 1. The van der Waals surface area contributed by atoms with Crippen LogP contribution in [0.1, 0.15) is 51.9 Å². The molecule has 3 rings (SSSR count).